The second-order valence-corrected chi connectivity index (χ2v) is 18.5. The molecule has 0 saturated heterocycles. The van der Waals surface area contributed by atoms with Gasteiger partial charge in [0.05, 0.1) is 0 Å². The summed E-state index contributed by atoms with van der Waals surface area (Å²) in [7, 11) is 0. The lowest BCUT2D eigenvalue weighted by atomic mass is 9.52. The van der Waals surface area contributed by atoms with Crippen molar-refractivity contribution in [2.24, 2.45) is 5.41 Å². The van der Waals surface area contributed by atoms with Crippen LogP contribution >= 0.6 is 0 Å². The lowest BCUT2D eigenvalue weighted by Gasteiger charge is -2.49. The van der Waals surface area contributed by atoms with Gasteiger partial charge in [0.1, 0.15) is 0 Å². The first-order valence-corrected chi connectivity index (χ1v) is 22.2. The van der Waals surface area contributed by atoms with Crippen LogP contribution in [0.2, 0.25) is 0 Å². The van der Waals surface area contributed by atoms with Crippen molar-refractivity contribution in [3.05, 3.63) is 252 Å². The van der Waals surface area contributed by atoms with Crippen molar-refractivity contribution in [3.63, 3.8) is 0 Å². The number of benzene rings is 9. The van der Waals surface area contributed by atoms with E-state index in [1.54, 1.807) is 0 Å². The molecule has 0 saturated carbocycles. The molecule has 0 atom stereocenters. The minimum Gasteiger partial charge on any atom is -0.0622 e. The van der Waals surface area contributed by atoms with Crippen LogP contribution in [0, 0.1) is 5.41 Å². The van der Waals surface area contributed by atoms with Gasteiger partial charge in [-0.1, -0.05) is 210 Å². The zero-order valence-electron chi connectivity index (χ0n) is 35.8. The highest BCUT2D eigenvalue weighted by Gasteiger charge is 2.80. The molecule has 0 fully saturated rings. The van der Waals surface area contributed by atoms with Gasteiger partial charge in [0.15, 0.2) is 0 Å². The fourth-order valence-electron chi connectivity index (χ4n) is 13.0. The van der Waals surface area contributed by atoms with Crippen LogP contribution in [0.1, 0.15) is 61.1 Å². The minimum atomic E-state index is -0.364. The van der Waals surface area contributed by atoms with E-state index in [-0.39, 0.29) is 21.7 Å². The van der Waals surface area contributed by atoms with E-state index in [0.29, 0.717) is 0 Å². The second kappa shape index (κ2) is 13.2. The van der Waals surface area contributed by atoms with Crippen LogP contribution in [-0.4, -0.2) is 0 Å². The molecule has 0 heterocycles. The van der Waals surface area contributed by atoms with Crippen LogP contribution in [0.3, 0.4) is 0 Å². The molecule has 12 rings (SSSR count). The quantitative estimate of drug-likeness (QED) is 0.157. The smallest absolute Gasteiger partial charge is 0.0258 e. The third-order valence-corrected chi connectivity index (χ3v) is 16.2. The lowest BCUT2D eigenvalue weighted by molar-refractivity contribution is 0.0997. The van der Waals surface area contributed by atoms with E-state index < -0.39 is 0 Å². The van der Waals surface area contributed by atoms with Crippen molar-refractivity contribution >= 4 is 0 Å². The van der Waals surface area contributed by atoms with Gasteiger partial charge in [-0.15, -0.1) is 0 Å². The Bertz CT molecular complexity index is 2630. The van der Waals surface area contributed by atoms with Gasteiger partial charge in [-0.2, -0.15) is 0 Å². The Morgan fingerprint density at radius 2 is 0.355 bits per heavy atom. The van der Waals surface area contributed by atoms with Crippen LogP contribution in [0.5, 0.6) is 0 Å². The van der Waals surface area contributed by atoms with Gasteiger partial charge in [0.2, 0.25) is 0 Å². The molecule has 0 radical (unpaired) electrons. The van der Waals surface area contributed by atoms with E-state index in [0.717, 1.165) is 0 Å². The highest BCUT2D eigenvalue weighted by atomic mass is 14.8. The third-order valence-electron chi connectivity index (χ3n) is 16.2. The molecule has 0 aliphatic heterocycles. The number of fused-ring (bicyclic) bond motifs is 9. The summed E-state index contributed by atoms with van der Waals surface area (Å²) >= 11 is 0. The number of hydrogen-bond acceptors (Lipinski definition) is 0. The monoisotopic (exact) mass is 792 g/mol. The summed E-state index contributed by atoms with van der Waals surface area (Å²) in [5.41, 5.74) is 22.4. The van der Waals surface area contributed by atoms with Crippen molar-refractivity contribution in [2.75, 3.05) is 0 Å². The normalized spacial score (nSPS) is 22.5. The van der Waals surface area contributed by atoms with Gasteiger partial charge < -0.3 is 0 Å². The van der Waals surface area contributed by atoms with E-state index in [9.17, 15) is 0 Å². The molecular formula is C62H48. The fourth-order valence-corrected chi connectivity index (χ4v) is 13.0. The van der Waals surface area contributed by atoms with Gasteiger partial charge in [0.25, 0.3) is 0 Å². The average molecular weight is 793 g/mol. The first kappa shape index (κ1) is 36.8. The standard InChI is InChI=1S/C62H48/c1-59-53-35-47(41-23-11-5-12-24-41)49(43-27-15-7-16-28-43)37-55(53)60(2)57-39-51(45-31-19-9-20-32-45)52(46-33-21-10-22-34-46)40-58(57)61(3,62(59,60)4)56-38-50(44-29-17-8-18-30-44)48(36-54(56)59)42-25-13-6-14-26-42/h5-40H,1-4H3. The molecule has 296 valence electrons. The maximum absolute atomic E-state index is 2.66. The molecule has 0 aromatic heterocycles. The Morgan fingerprint density at radius 3 is 0.500 bits per heavy atom. The Kier molecular flexibility index (Phi) is 7.86. The van der Waals surface area contributed by atoms with Crippen LogP contribution < -0.4 is 0 Å². The SMILES string of the molecule is CC12c3cc(-c4ccccc4)c(-c4ccccc4)cc3C3(C)c4cc(-c5ccccc5)c(-c5ccccc5)cc4C(C)(c4cc(-c5ccccc5)c(-c5ccccc5)cc41)C23C. The largest absolute Gasteiger partial charge is 0.0622 e. The molecule has 0 amide bonds. The van der Waals surface area contributed by atoms with Crippen LogP contribution in [0.4, 0.5) is 0 Å². The van der Waals surface area contributed by atoms with E-state index in [4.69, 9.17) is 0 Å². The van der Waals surface area contributed by atoms with Crippen LogP contribution in [0.25, 0.3) is 66.8 Å². The van der Waals surface area contributed by atoms with E-state index in [2.05, 4.69) is 246 Å². The summed E-state index contributed by atoms with van der Waals surface area (Å²) in [6.07, 6.45) is 0. The van der Waals surface area contributed by atoms with Gasteiger partial charge in [-0.3, -0.25) is 0 Å². The van der Waals surface area contributed by atoms with E-state index >= 15 is 0 Å². The summed E-state index contributed by atoms with van der Waals surface area (Å²) in [6.45, 7) is 10.5. The van der Waals surface area contributed by atoms with Crippen molar-refractivity contribution < 1.29 is 0 Å². The van der Waals surface area contributed by atoms with E-state index in [1.807, 2.05) is 0 Å². The van der Waals surface area contributed by atoms with Crippen molar-refractivity contribution in [1.82, 2.24) is 0 Å². The predicted octanol–water partition coefficient (Wildman–Crippen LogP) is 16.0. The first-order chi connectivity index (χ1) is 30.3. The zero-order valence-corrected chi connectivity index (χ0v) is 35.8. The third kappa shape index (κ3) is 4.62. The van der Waals surface area contributed by atoms with Gasteiger partial charge in [0, 0.05) is 21.7 Å². The Morgan fingerprint density at radius 1 is 0.210 bits per heavy atom. The second-order valence-electron chi connectivity index (χ2n) is 18.5. The topological polar surface area (TPSA) is 0 Å². The van der Waals surface area contributed by atoms with Gasteiger partial charge in [-0.05, 0) is 137 Å². The number of rotatable bonds is 6. The first-order valence-electron chi connectivity index (χ1n) is 22.2. The molecule has 3 aliphatic rings. The summed E-state index contributed by atoms with van der Waals surface area (Å²) in [5, 5.41) is 0. The average Bonchev–Trinajstić information content (AvgIpc) is 3.69. The predicted molar refractivity (Wildman–Crippen MR) is 259 cm³/mol. The summed E-state index contributed by atoms with van der Waals surface area (Å²) in [6, 6.07) is 82.1. The Balaban J connectivity index is 1.26. The van der Waals surface area contributed by atoms with Crippen molar-refractivity contribution in [2.45, 2.75) is 43.9 Å². The molecule has 0 nitrogen and oxygen atoms in total. The minimum absolute atomic E-state index is 0.296. The number of hydrogen-bond donors (Lipinski definition) is 0. The fraction of sp³-hybridized carbons (Fsp3) is 0.129. The van der Waals surface area contributed by atoms with Crippen LogP contribution in [0.15, 0.2) is 218 Å². The molecule has 9 aromatic carbocycles. The van der Waals surface area contributed by atoms with Gasteiger partial charge in [-0.25, -0.2) is 0 Å². The molecule has 0 heteroatoms. The van der Waals surface area contributed by atoms with Gasteiger partial charge >= 0.3 is 0 Å². The molecule has 0 bridgehead atoms. The highest BCUT2D eigenvalue weighted by molar-refractivity contribution is 5.93. The molecule has 0 spiro atoms. The van der Waals surface area contributed by atoms with Crippen molar-refractivity contribution in [3.8, 4) is 66.8 Å². The maximum atomic E-state index is 2.66. The molecule has 3 aliphatic carbocycles. The summed E-state index contributed by atoms with van der Waals surface area (Å²) in [5.74, 6) is 0. The highest BCUT2D eigenvalue weighted by Crippen LogP contribution is 2.83. The Hall–Kier alpha value is -7.02. The van der Waals surface area contributed by atoms with Crippen molar-refractivity contribution in [1.29, 1.82) is 0 Å². The molecule has 62 heavy (non-hydrogen) atoms. The molecule has 0 unspecified atom stereocenters. The Labute approximate surface area is 366 Å². The molecule has 0 N–H and O–H groups in total. The lowest BCUT2D eigenvalue weighted by Crippen LogP contribution is -2.51. The summed E-state index contributed by atoms with van der Waals surface area (Å²) < 4.78 is 0. The molecule has 9 aromatic rings. The summed E-state index contributed by atoms with van der Waals surface area (Å²) in [4.78, 5) is 0. The zero-order chi connectivity index (χ0) is 41.8. The maximum Gasteiger partial charge on any atom is 0.0258 e. The molecular weight excluding hydrogens is 745 g/mol. The van der Waals surface area contributed by atoms with Crippen LogP contribution in [-0.2, 0) is 16.2 Å². The van der Waals surface area contributed by atoms with E-state index in [1.165, 1.54) is 100 Å².